The number of carbonyl (C=O) groups is 2. The van der Waals surface area contributed by atoms with Gasteiger partial charge in [0.15, 0.2) is 10.7 Å². The van der Waals surface area contributed by atoms with Gasteiger partial charge in [0.1, 0.15) is 24.1 Å². The second kappa shape index (κ2) is 14.0. The van der Waals surface area contributed by atoms with Gasteiger partial charge >= 0.3 is 0 Å². The monoisotopic (exact) mass is 613 g/mol. The fourth-order valence-electron chi connectivity index (χ4n) is 5.01. The quantitative estimate of drug-likeness (QED) is 0.312. The number of nitrogens with zero attached hydrogens (tertiary/aromatic N) is 2. The van der Waals surface area contributed by atoms with Crippen LogP contribution in [0.4, 0.5) is 0 Å². The average molecular weight is 615 g/mol. The molecule has 3 aromatic carbocycles. The molecule has 0 radical (unpaired) electrons. The van der Waals surface area contributed by atoms with Crippen molar-refractivity contribution in [2.24, 2.45) is 0 Å². The maximum atomic E-state index is 14.3. The molecule has 0 bridgehead atoms. The largest absolute Gasteiger partial charge is 0.358 e. The molecule has 11 heteroatoms. The summed E-state index contributed by atoms with van der Waals surface area (Å²) < 4.78 is 29.1. The van der Waals surface area contributed by atoms with Crippen LogP contribution in [-0.4, -0.2) is 43.2 Å². The molecular formula is C30H29Cl2N3O5S. The second-order valence-electron chi connectivity index (χ2n) is 9.69. The Labute approximate surface area is 250 Å². The Morgan fingerprint density at radius 1 is 1.00 bits per heavy atom. The van der Waals surface area contributed by atoms with Gasteiger partial charge in [-0.15, -0.1) is 0 Å². The molecule has 4 rings (SSSR count). The van der Waals surface area contributed by atoms with E-state index in [9.17, 15) is 23.3 Å². The number of hydrogen-bond donors (Lipinski definition) is 2. The Bertz CT molecular complexity index is 1480. The average Bonchev–Trinajstić information content (AvgIpc) is 2.97. The van der Waals surface area contributed by atoms with Gasteiger partial charge in [0, 0.05) is 16.5 Å². The van der Waals surface area contributed by atoms with Crippen LogP contribution in [0.3, 0.4) is 0 Å². The van der Waals surface area contributed by atoms with Crippen LogP contribution in [-0.2, 0) is 31.5 Å². The highest BCUT2D eigenvalue weighted by molar-refractivity contribution is 7.72. The molecule has 1 N–H and O–H groups in total. The molecule has 1 aliphatic heterocycles. The molecule has 1 fully saturated rings. The molecule has 1 aliphatic rings. The molecule has 0 aromatic heterocycles. The summed E-state index contributed by atoms with van der Waals surface area (Å²) in [6.07, 6.45) is -0.598. The maximum absolute atomic E-state index is 14.3. The molecule has 214 valence electrons. The number of amides is 2. The minimum absolute atomic E-state index is 0.200. The summed E-state index contributed by atoms with van der Waals surface area (Å²) in [5.74, 6) is -1.50. The van der Waals surface area contributed by atoms with Crippen molar-refractivity contribution in [2.75, 3.05) is 5.88 Å². The van der Waals surface area contributed by atoms with Gasteiger partial charge in [0.05, 0.1) is 17.7 Å². The predicted octanol–water partition coefficient (Wildman–Crippen LogP) is 4.97. The highest BCUT2D eigenvalue weighted by Gasteiger charge is 2.48. The van der Waals surface area contributed by atoms with Crippen molar-refractivity contribution >= 4 is 45.7 Å². The number of benzene rings is 3. The van der Waals surface area contributed by atoms with E-state index in [-0.39, 0.29) is 6.42 Å². The van der Waals surface area contributed by atoms with Crippen LogP contribution in [0.25, 0.3) is 0 Å². The zero-order valence-corrected chi connectivity index (χ0v) is 24.6. The van der Waals surface area contributed by atoms with E-state index in [2.05, 4.69) is 11.4 Å². The Morgan fingerprint density at radius 3 is 2.12 bits per heavy atom. The van der Waals surface area contributed by atoms with Crippen LogP contribution in [0.15, 0.2) is 72.8 Å². The summed E-state index contributed by atoms with van der Waals surface area (Å²) in [6.45, 7) is 1.89. The fourth-order valence-corrected chi connectivity index (χ4v) is 5.55. The lowest BCUT2D eigenvalue weighted by atomic mass is 9.88. The summed E-state index contributed by atoms with van der Waals surface area (Å²) >= 11 is 12.4. The lowest BCUT2D eigenvalue weighted by Gasteiger charge is -2.47. The summed E-state index contributed by atoms with van der Waals surface area (Å²) in [5, 5.41) is 12.7. The molecule has 0 unspecified atom stereocenters. The number of nitriles is 1. The Balaban J connectivity index is 1.85. The van der Waals surface area contributed by atoms with Gasteiger partial charge < -0.3 is 15.0 Å². The molecule has 41 heavy (non-hydrogen) atoms. The number of nitrogens with one attached hydrogen (secondary N) is 1. The van der Waals surface area contributed by atoms with Crippen LogP contribution in [0.1, 0.15) is 54.2 Å². The molecule has 4 atom stereocenters. The molecule has 1 heterocycles. The number of hydrogen-bond acceptors (Lipinski definition) is 6. The predicted molar refractivity (Wildman–Crippen MR) is 157 cm³/mol. The van der Waals surface area contributed by atoms with Crippen LogP contribution in [0.5, 0.6) is 0 Å². The standard InChI is InChI=1S/C30H29Cl2N3O5S/c1-2-3-25(29(36)34-18-41(38)39)35-27(21-8-12-23(31)13-9-21)28(22-10-14-24(32)15-11-22)40-26(30(35)37)16-19-4-6-20(17-33)7-5-19/h4-15,25-28,41H,2-3,16,18H2,1H3,(H,34,36)/t25-,26+,27-,28+/m0/s1. The summed E-state index contributed by atoms with van der Waals surface area (Å²) in [5.41, 5.74) is 2.71. The second-order valence-corrected chi connectivity index (χ2v) is 11.5. The van der Waals surface area contributed by atoms with Gasteiger partial charge in [0.25, 0.3) is 5.91 Å². The van der Waals surface area contributed by atoms with Crippen molar-refractivity contribution in [2.45, 2.75) is 50.5 Å². The van der Waals surface area contributed by atoms with E-state index in [0.717, 1.165) is 11.1 Å². The summed E-state index contributed by atoms with van der Waals surface area (Å²) in [6, 6.07) is 21.3. The summed E-state index contributed by atoms with van der Waals surface area (Å²) in [4.78, 5) is 29.3. The van der Waals surface area contributed by atoms with E-state index in [1.165, 1.54) is 4.90 Å². The number of morpholine rings is 1. The highest BCUT2D eigenvalue weighted by Crippen LogP contribution is 2.44. The maximum Gasteiger partial charge on any atom is 0.253 e. The third-order valence-electron chi connectivity index (χ3n) is 6.92. The van der Waals surface area contributed by atoms with Gasteiger partial charge in [-0.25, -0.2) is 8.42 Å². The minimum atomic E-state index is -2.86. The number of halogens is 2. The lowest BCUT2D eigenvalue weighted by molar-refractivity contribution is -0.181. The first-order valence-corrected chi connectivity index (χ1v) is 15.2. The van der Waals surface area contributed by atoms with Crippen LogP contribution in [0.2, 0.25) is 10.0 Å². The Hall–Kier alpha value is -3.42. The lowest BCUT2D eigenvalue weighted by Crippen LogP contribution is -2.59. The number of rotatable bonds is 10. The smallest absolute Gasteiger partial charge is 0.253 e. The van der Waals surface area contributed by atoms with E-state index < -0.39 is 52.7 Å². The Morgan fingerprint density at radius 2 is 1.59 bits per heavy atom. The van der Waals surface area contributed by atoms with E-state index in [1.807, 2.05) is 19.1 Å². The van der Waals surface area contributed by atoms with Crippen molar-refractivity contribution in [3.63, 3.8) is 0 Å². The van der Waals surface area contributed by atoms with Crippen molar-refractivity contribution in [1.82, 2.24) is 10.2 Å². The van der Waals surface area contributed by atoms with E-state index in [0.29, 0.717) is 34.0 Å². The van der Waals surface area contributed by atoms with E-state index in [1.54, 1.807) is 60.7 Å². The molecular weight excluding hydrogens is 585 g/mol. The Kier molecular flexibility index (Phi) is 10.4. The third kappa shape index (κ3) is 7.46. The topological polar surface area (TPSA) is 117 Å². The normalized spacial score (nSPS) is 19.5. The molecule has 8 nitrogen and oxygen atoms in total. The van der Waals surface area contributed by atoms with Crippen molar-refractivity contribution in [3.05, 3.63) is 105 Å². The van der Waals surface area contributed by atoms with Gasteiger partial charge in [-0.05, 0) is 59.5 Å². The first-order chi connectivity index (χ1) is 19.7. The number of carbonyl (C=O) groups excluding carboxylic acids is 2. The highest BCUT2D eigenvalue weighted by atomic mass is 35.5. The SMILES string of the molecule is CCC[C@@H](C(=O)NC[SH](=O)=O)N1C(=O)[C@@H](Cc2ccc(C#N)cc2)O[C@H](c2ccc(Cl)cc2)[C@@H]1c1ccc(Cl)cc1. The molecule has 0 saturated carbocycles. The molecule has 0 aliphatic carbocycles. The van der Waals surface area contributed by atoms with Gasteiger partial charge in [0.2, 0.25) is 5.91 Å². The zero-order valence-electron chi connectivity index (χ0n) is 22.2. The van der Waals surface area contributed by atoms with Crippen molar-refractivity contribution in [3.8, 4) is 6.07 Å². The third-order valence-corrected chi connectivity index (χ3v) is 7.84. The molecule has 2 amide bonds. The molecule has 1 saturated heterocycles. The van der Waals surface area contributed by atoms with Crippen LogP contribution >= 0.6 is 23.2 Å². The fraction of sp³-hybridized carbons (Fsp3) is 0.300. The van der Waals surface area contributed by atoms with Crippen molar-refractivity contribution in [1.29, 1.82) is 5.26 Å². The van der Waals surface area contributed by atoms with Gasteiger partial charge in [-0.2, -0.15) is 5.26 Å². The molecule has 3 aromatic rings. The number of ether oxygens (including phenoxy) is 1. The first-order valence-electron chi connectivity index (χ1n) is 13.1. The van der Waals surface area contributed by atoms with Crippen LogP contribution in [0, 0.1) is 11.3 Å². The first kappa shape index (κ1) is 30.5. The summed E-state index contributed by atoms with van der Waals surface area (Å²) in [7, 11) is -2.86. The zero-order chi connectivity index (χ0) is 29.5. The van der Waals surface area contributed by atoms with Gasteiger partial charge in [-0.1, -0.05) is 72.9 Å². The van der Waals surface area contributed by atoms with E-state index in [4.69, 9.17) is 27.9 Å². The van der Waals surface area contributed by atoms with Crippen LogP contribution < -0.4 is 5.32 Å². The number of thiol groups is 1. The molecule has 0 spiro atoms. The van der Waals surface area contributed by atoms with E-state index >= 15 is 0 Å². The van der Waals surface area contributed by atoms with Crippen molar-refractivity contribution < 1.29 is 22.7 Å². The minimum Gasteiger partial charge on any atom is -0.358 e. The van der Waals surface area contributed by atoms with Gasteiger partial charge in [-0.3, -0.25) is 9.59 Å².